The third-order valence-corrected chi connectivity index (χ3v) is 2.77. The van der Waals surface area contributed by atoms with Crippen molar-refractivity contribution < 1.29 is 5.11 Å². The molecule has 0 aromatic rings. The predicted molar refractivity (Wildman–Crippen MR) is 43.4 cm³/mol. The summed E-state index contributed by atoms with van der Waals surface area (Å²) in [7, 11) is 0. The number of aliphatic hydroxyl groups excluding tert-OH is 1. The van der Waals surface area contributed by atoms with Gasteiger partial charge in [-0.15, -0.1) is 0 Å². The van der Waals surface area contributed by atoms with Crippen LogP contribution >= 0.6 is 0 Å². The van der Waals surface area contributed by atoms with Gasteiger partial charge in [0, 0.05) is 25.2 Å². The van der Waals surface area contributed by atoms with Crippen LogP contribution in [-0.2, 0) is 0 Å². The maximum atomic E-state index is 9.60. The van der Waals surface area contributed by atoms with Crippen LogP contribution in [0.1, 0.15) is 19.3 Å². The van der Waals surface area contributed by atoms with E-state index in [4.69, 9.17) is 0 Å². The van der Waals surface area contributed by atoms with Crippen LogP contribution in [0.25, 0.3) is 0 Å². The second-order valence-electron chi connectivity index (χ2n) is 3.54. The highest BCUT2D eigenvalue weighted by atomic mass is 16.3. The molecule has 2 rings (SSSR count). The van der Waals surface area contributed by atoms with Gasteiger partial charge in [0.1, 0.15) is 0 Å². The Morgan fingerprint density at radius 1 is 1.09 bits per heavy atom. The summed E-state index contributed by atoms with van der Waals surface area (Å²) in [5.41, 5.74) is 0. The Kier molecular flexibility index (Phi) is 2.11. The quantitative estimate of drug-likeness (QED) is 0.441. The maximum absolute atomic E-state index is 9.60. The average molecular weight is 156 g/mol. The fourth-order valence-electron chi connectivity index (χ4n) is 2.18. The number of piperazine rings is 1. The van der Waals surface area contributed by atoms with Crippen LogP contribution in [0.2, 0.25) is 0 Å². The number of rotatable bonds is 0. The SMILES string of the molecule is O[C@H]1CCCC2NCCNC21. The lowest BCUT2D eigenvalue weighted by atomic mass is 9.87. The molecule has 1 saturated carbocycles. The summed E-state index contributed by atoms with van der Waals surface area (Å²) >= 11 is 0. The number of fused-ring (bicyclic) bond motifs is 1. The molecule has 64 valence electrons. The van der Waals surface area contributed by atoms with Gasteiger partial charge in [-0.25, -0.2) is 0 Å². The van der Waals surface area contributed by atoms with Gasteiger partial charge >= 0.3 is 0 Å². The fraction of sp³-hybridized carbons (Fsp3) is 1.00. The van der Waals surface area contributed by atoms with Crippen LogP contribution < -0.4 is 10.6 Å². The number of nitrogens with one attached hydrogen (secondary N) is 2. The molecule has 2 aliphatic rings. The van der Waals surface area contributed by atoms with E-state index in [9.17, 15) is 5.11 Å². The van der Waals surface area contributed by atoms with Gasteiger partial charge in [0.15, 0.2) is 0 Å². The Morgan fingerprint density at radius 2 is 1.91 bits per heavy atom. The molecule has 2 unspecified atom stereocenters. The van der Waals surface area contributed by atoms with Crippen molar-refractivity contribution in [2.45, 2.75) is 37.5 Å². The van der Waals surface area contributed by atoms with E-state index < -0.39 is 0 Å². The smallest absolute Gasteiger partial charge is 0.0708 e. The monoisotopic (exact) mass is 156 g/mol. The first-order valence-electron chi connectivity index (χ1n) is 4.53. The van der Waals surface area contributed by atoms with Crippen molar-refractivity contribution in [1.29, 1.82) is 0 Å². The summed E-state index contributed by atoms with van der Waals surface area (Å²) in [6, 6.07) is 0.838. The minimum absolute atomic E-state index is 0.124. The standard InChI is InChI=1S/C8H16N2O/c11-7-3-1-2-6-8(7)10-5-4-9-6/h6-11H,1-5H2/t6?,7-,8?/m0/s1. The van der Waals surface area contributed by atoms with E-state index in [0.717, 1.165) is 25.9 Å². The Labute approximate surface area is 67.2 Å². The molecule has 3 atom stereocenters. The summed E-state index contributed by atoms with van der Waals surface area (Å²) < 4.78 is 0. The lowest BCUT2D eigenvalue weighted by molar-refractivity contribution is 0.0606. The lowest BCUT2D eigenvalue weighted by Gasteiger charge is -2.40. The van der Waals surface area contributed by atoms with Crippen molar-refractivity contribution in [2.75, 3.05) is 13.1 Å². The molecule has 0 amide bonds. The second-order valence-corrected chi connectivity index (χ2v) is 3.54. The minimum atomic E-state index is -0.124. The van der Waals surface area contributed by atoms with Crippen molar-refractivity contribution in [2.24, 2.45) is 0 Å². The van der Waals surface area contributed by atoms with E-state index in [2.05, 4.69) is 10.6 Å². The van der Waals surface area contributed by atoms with Gasteiger partial charge in [-0.2, -0.15) is 0 Å². The van der Waals surface area contributed by atoms with E-state index in [1.54, 1.807) is 0 Å². The molecule has 0 aromatic carbocycles. The molecule has 11 heavy (non-hydrogen) atoms. The van der Waals surface area contributed by atoms with Crippen molar-refractivity contribution >= 4 is 0 Å². The molecule has 2 fully saturated rings. The molecule has 0 aromatic heterocycles. The summed E-state index contributed by atoms with van der Waals surface area (Å²) in [6.07, 6.45) is 3.23. The van der Waals surface area contributed by atoms with Gasteiger partial charge in [0.05, 0.1) is 6.10 Å². The van der Waals surface area contributed by atoms with Gasteiger partial charge in [0.2, 0.25) is 0 Å². The molecule has 0 bridgehead atoms. The van der Waals surface area contributed by atoms with Crippen LogP contribution in [0.15, 0.2) is 0 Å². The van der Waals surface area contributed by atoms with Gasteiger partial charge in [-0.1, -0.05) is 0 Å². The van der Waals surface area contributed by atoms with Crippen LogP contribution in [0.4, 0.5) is 0 Å². The molecule has 3 heteroatoms. The highest BCUT2D eigenvalue weighted by Crippen LogP contribution is 2.20. The van der Waals surface area contributed by atoms with Crippen LogP contribution in [-0.4, -0.2) is 36.4 Å². The van der Waals surface area contributed by atoms with Crippen molar-refractivity contribution in [1.82, 2.24) is 10.6 Å². The van der Waals surface area contributed by atoms with Crippen molar-refractivity contribution in [3.05, 3.63) is 0 Å². The highest BCUT2D eigenvalue weighted by molar-refractivity contribution is 4.94. The Morgan fingerprint density at radius 3 is 2.73 bits per heavy atom. The molecular formula is C8H16N2O. The molecule has 0 spiro atoms. The molecule has 3 N–H and O–H groups in total. The third kappa shape index (κ3) is 1.41. The first-order chi connectivity index (χ1) is 5.38. The summed E-state index contributed by atoms with van der Waals surface area (Å²) in [5.74, 6) is 0. The molecule has 1 saturated heterocycles. The maximum Gasteiger partial charge on any atom is 0.0708 e. The van der Waals surface area contributed by atoms with Crippen molar-refractivity contribution in [3.63, 3.8) is 0 Å². The van der Waals surface area contributed by atoms with Crippen LogP contribution in [0, 0.1) is 0 Å². The number of hydrogen-bond donors (Lipinski definition) is 3. The minimum Gasteiger partial charge on any atom is -0.391 e. The highest BCUT2D eigenvalue weighted by Gasteiger charge is 2.33. The van der Waals surface area contributed by atoms with E-state index in [1.807, 2.05) is 0 Å². The van der Waals surface area contributed by atoms with Gasteiger partial charge in [0.25, 0.3) is 0 Å². The van der Waals surface area contributed by atoms with Crippen LogP contribution in [0.5, 0.6) is 0 Å². The predicted octanol–water partition coefficient (Wildman–Crippen LogP) is -0.539. The largest absolute Gasteiger partial charge is 0.391 e. The topological polar surface area (TPSA) is 44.3 Å². The van der Waals surface area contributed by atoms with Gasteiger partial charge < -0.3 is 15.7 Å². The molecule has 1 aliphatic carbocycles. The first-order valence-corrected chi connectivity index (χ1v) is 4.53. The number of hydrogen-bond acceptors (Lipinski definition) is 3. The average Bonchev–Trinajstić information content (AvgIpc) is 2.06. The zero-order chi connectivity index (χ0) is 7.68. The van der Waals surface area contributed by atoms with Crippen molar-refractivity contribution in [3.8, 4) is 0 Å². The Hall–Kier alpha value is -0.120. The molecule has 1 aliphatic heterocycles. The molecule has 3 nitrogen and oxygen atoms in total. The van der Waals surface area contributed by atoms with Gasteiger partial charge in [-0.05, 0) is 19.3 Å². The lowest BCUT2D eigenvalue weighted by Crippen LogP contribution is -2.62. The summed E-state index contributed by atoms with van der Waals surface area (Å²) in [4.78, 5) is 0. The van der Waals surface area contributed by atoms with Crippen LogP contribution in [0.3, 0.4) is 0 Å². The molecule has 0 radical (unpaired) electrons. The summed E-state index contributed by atoms with van der Waals surface area (Å²) in [5, 5.41) is 16.4. The second kappa shape index (κ2) is 3.09. The summed E-state index contributed by atoms with van der Waals surface area (Å²) in [6.45, 7) is 2.05. The van der Waals surface area contributed by atoms with E-state index in [-0.39, 0.29) is 6.10 Å². The van der Waals surface area contributed by atoms with E-state index >= 15 is 0 Å². The molecule has 1 heterocycles. The number of aliphatic hydroxyl groups is 1. The third-order valence-electron chi connectivity index (χ3n) is 2.77. The van der Waals surface area contributed by atoms with E-state index in [1.165, 1.54) is 6.42 Å². The van der Waals surface area contributed by atoms with Gasteiger partial charge in [-0.3, -0.25) is 0 Å². The first kappa shape index (κ1) is 7.53. The zero-order valence-electron chi connectivity index (χ0n) is 6.71. The Balaban J connectivity index is 1.99. The Bertz CT molecular complexity index is 138. The molecular weight excluding hydrogens is 140 g/mol. The van der Waals surface area contributed by atoms with E-state index in [0.29, 0.717) is 12.1 Å². The fourth-order valence-corrected chi connectivity index (χ4v) is 2.18. The normalized spacial score (nSPS) is 45.0. The zero-order valence-corrected chi connectivity index (χ0v) is 6.71.